The maximum absolute atomic E-state index is 9.02. The summed E-state index contributed by atoms with van der Waals surface area (Å²) >= 11 is 0. The van der Waals surface area contributed by atoms with Crippen LogP contribution in [0.25, 0.3) is 0 Å². The van der Waals surface area contributed by atoms with Crippen molar-refractivity contribution in [1.82, 2.24) is 0 Å². The molecular formula is C6H10O4. The number of ether oxygens (including phenoxy) is 1. The minimum absolute atomic E-state index is 0.662. The van der Waals surface area contributed by atoms with Crippen molar-refractivity contribution in [3.8, 4) is 0 Å². The van der Waals surface area contributed by atoms with Gasteiger partial charge in [0.05, 0.1) is 0 Å². The Hall–Kier alpha value is -0.420. The second-order valence-electron chi connectivity index (χ2n) is 2.21. The molecule has 1 unspecified atom stereocenters. The van der Waals surface area contributed by atoms with E-state index in [2.05, 4.69) is 11.3 Å². The highest BCUT2D eigenvalue weighted by atomic mass is 16.6. The van der Waals surface area contributed by atoms with Gasteiger partial charge in [0.2, 0.25) is 0 Å². The van der Waals surface area contributed by atoms with Gasteiger partial charge in [0.1, 0.15) is 18.3 Å². The number of rotatable bonds is 1. The highest BCUT2D eigenvalue weighted by Crippen LogP contribution is 2.19. The molecule has 4 atom stereocenters. The van der Waals surface area contributed by atoms with E-state index >= 15 is 0 Å². The molecule has 0 spiro atoms. The third-order valence-electron chi connectivity index (χ3n) is 1.51. The van der Waals surface area contributed by atoms with Gasteiger partial charge in [0.15, 0.2) is 6.29 Å². The molecule has 0 aromatic rings. The quantitative estimate of drug-likeness (QED) is 0.398. The Kier molecular flexibility index (Phi) is 2.05. The summed E-state index contributed by atoms with van der Waals surface area (Å²) in [4.78, 5) is 0. The zero-order valence-corrected chi connectivity index (χ0v) is 5.34. The van der Waals surface area contributed by atoms with Crippen LogP contribution in [0.4, 0.5) is 0 Å². The van der Waals surface area contributed by atoms with E-state index < -0.39 is 24.6 Å². The highest BCUT2D eigenvalue weighted by molar-refractivity contribution is 4.95. The van der Waals surface area contributed by atoms with Gasteiger partial charge in [-0.2, -0.15) is 0 Å². The van der Waals surface area contributed by atoms with Crippen molar-refractivity contribution in [2.45, 2.75) is 24.6 Å². The van der Waals surface area contributed by atoms with E-state index in [4.69, 9.17) is 15.3 Å². The van der Waals surface area contributed by atoms with Gasteiger partial charge in [-0.1, -0.05) is 6.08 Å². The second kappa shape index (κ2) is 2.67. The van der Waals surface area contributed by atoms with Gasteiger partial charge in [-0.05, 0) is 0 Å². The smallest absolute Gasteiger partial charge is 0.184 e. The molecule has 1 rings (SSSR count). The molecule has 0 bridgehead atoms. The molecule has 1 saturated heterocycles. The second-order valence-corrected chi connectivity index (χ2v) is 2.21. The first-order valence-electron chi connectivity index (χ1n) is 2.99. The third-order valence-corrected chi connectivity index (χ3v) is 1.51. The van der Waals surface area contributed by atoms with E-state index in [1.165, 1.54) is 6.08 Å². The first-order valence-corrected chi connectivity index (χ1v) is 2.99. The van der Waals surface area contributed by atoms with Crippen LogP contribution in [0.2, 0.25) is 0 Å². The molecule has 1 heterocycles. The molecule has 0 amide bonds. The van der Waals surface area contributed by atoms with Gasteiger partial charge >= 0.3 is 0 Å². The van der Waals surface area contributed by atoms with Crippen LogP contribution in [-0.4, -0.2) is 39.9 Å². The van der Waals surface area contributed by atoms with Gasteiger partial charge in [-0.15, -0.1) is 6.58 Å². The van der Waals surface area contributed by atoms with Gasteiger partial charge in [-0.25, -0.2) is 0 Å². The largest absolute Gasteiger partial charge is 0.387 e. The Morgan fingerprint density at radius 3 is 2.00 bits per heavy atom. The first kappa shape index (κ1) is 7.68. The Bertz CT molecular complexity index is 136. The lowest BCUT2D eigenvalue weighted by Gasteiger charge is -2.08. The maximum Gasteiger partial charge on any atom is 0.184 e. The maximum atomic E-state index is 9.02. The predicted octanol–water partition coefficient (Wildman–Crippen LogP) is -1.39. The van der Waals surface area contributed by atoms with Crippen molar-refractivity contribution < 1.29 is 20.1 Å². The summed E-state index contributed by atoms with van der Waals surface area (Å²) in [5, 5.41) is 26.7. The van der Waals surface area contributed by atoms with Crippen LogP contribution in [0.3, 0.4) is 0 Å². The fourth-order valence-electron chi connectivity index (χ4n) is 0.880. The molecule has 0 aliphatic carbocycles. The predicted molar refractivity (Wildman–Crippen MR) is 33.1 cm³/mol. The average Bonchev–Trinajstić information content (AvgIpc) is 2.17. The van der Waals surface area contributed by atoms with Crippen LogP contribution in [0.1, 0.15) is 0 Å². The summed E-state index contributed by atoms with van der Waals surface area (Å²) in [5.74, 6) is 0. The fraction of sp³-hybridized carbons (Fsp3) is 0.667. The minimum Gasteiger partial charge on any atom is -0.387 e. The molecule has 1 aliphatic heterocycles. The number of hydrogen-bond acceptors (Lipinski definition) is 4. The SMILES string of the molecule is C=C[C@H]1OC(O)[C@@H](O)[C@H]1O. The number of aliphatic hydroxyl groups is 3. The lowest BCUT2D eigenvalue weighted by molar-refractivity contribution is -0.120. The first-order chi connectivity index (χ1) is 4.66. The molecule has 4 nitrogen and oxygen atoms in total. The minimum atomic E-state index is -1.29. The molecule has 0 aromatic carbocycles. The van der Waals surface area contributed by atoms with Crippen molar-refractivity contribution in [3.05, 3.63) is 12.7 Å². The summed E-state index contributed by atoms with van der Waals surface area (Å²) in [7, 11) is 0. The van der Waals surface area contributed by atoms with Gasteiger partial charge in [0.25, 0.3) is 0 Å². The average molecular weight is 146 g/mol. The van der Waals surface area contributed by atoms with Crippen LogP contribution in [0.15, 0.2) is 12.7 Å². The third kappa shape index (κ3) is 1.06. The Labute approximate surface area is 58.4 Å². The molecule has 3 N–H and O–H groups in total. The Morgan fingerprint density at radius 2 is 1.80 bits per heavy atom. The summed E-state index contributed by atoms with van der Waals surface area (Å²) < 4.78 is 4.67. The Morgan fingerprint density at radius 1 is 1.20 bits per heavy atom. The highest BCUT2D eigenvalue weighted by Gasteiger charge is 2.39. The molecule has 58 valence electrons. The van der Waals surface area contributed by atoms with Crippen LogP contribution in [0.5, 0.6) is 0 Å². The fourth-order valence-corrected chi connectivity index (χ4v) is 0.880. The Balaban J connectivity index is 2.61. The van der Waals surface area contributed by atoms with E-state index in [1.807, 2.05) is 0 Å². The van der Waals surface area contributed by atoms with Crippen LogP contribution < -0.4 is 0 Å². The summed E-state index contributed by atoms with van der Waals surface area (Å²) in [6.07, 6.45) is -2.90. The molecule has 1 aliphatic rings. The monoisotopic (exact) mass is 146 g/mol. The van der Waals surface area contributed by atoms with Crippen molar-refractivity contribution in [2.24, 2.45) is 0 Å². The molecule has 0 saturated carbocycles. The lowest BCUT2D eigenvalue weighted by Crippen LogP contribution is -2.31. The van der Waals surface area contributed by atoms with Gasteiger partial charge < -0.3 is 20.1 Å². The van der Waals surface area contributed by atoms with E-state index in [0.717, 1.165) is 0 Å². The van der Waals surface area contributed by atoms with Gasteiger partial charge in [-0.3, -0.25) is 0 Å². The van der Waals surface area contributed by atoms with E-state index in [1.54, 1.807) is 0 Å². The molecular weight excluding hydrogens is 136 g/mol. The number of hydrogen-bond donors (Lipinski definition) is 3. The molecule has 10 heavy (non-hydrogen) atoms. The van der Waals surface area contributed by atoms with Crippen molar-refractivity contribution >= 4 is 0 Å². The molecule has 1 fully saturated rings. The normalized spacial score (nSPS) is 47.5. The van der Waals surface area contributed by atoms with E-state index in [9.17, 15) is 0 Å². The van der Waals surface area contributed by atoms with Crippen LogP contribution >= 0.6 is 0 Å². The zero-order valence-electron chi connectivity index (χ0n) is 5.34. The lowest BCUT2D eigenvalue weighted by atomic mass is 10.1. The van der Waals surface area contributed by atoms with E-state index in [0.29, 0.717) is 0 Å². The topological polar surface area (TPSA) is 69.9 Å². The summed E-state index contributed by atoms with van der Waals surface area (Å²) in [6, 6.07) is 0. The van der Waals surface area contributed by atoms with Crippen LogP contribution in [0, 0.1) is 0 Å². The summed E-state index contributed by atoms with van der Waals surface area (Å²) in [5.41, 5.74) is 0. The van der Waals surface area contributed by atoms with Crippen molar-refractivity contribution in [3.63, 3.8) is 0 Å². The zero-order chi connectivity index (χ0) is 7.72. The van der Waals surface area contributed by atoms with Crippen molar-refractivity contribution in [2.75, 3.05) is 0 Å². The van der Waals surface area contributed by atoms with Gasteiger partial charge in [0, 0.05) is 0 Å². The van der Waals surface area contributed by atoms with Crippen molar-refractivity contribution in [1.29, 1.82) is 0 Å². The molecule has 0 aromatic heterocycles. The van der Waals surface area contributed by atoms with Crippen LogP contribution in [-0.2, 0) is 4.74 Å². The van der Waals surface area contributed by atoms with E-state index in [-0.39, 0.29) is 0 Å². The molecule has 4 heteroatoms. The number of aliphatic hydroxyl groups excluding tert-OH is 3. The molecule has 0 radical (unpaired) electrons. The standard InChI is InChI=1S/C6H10O4/c1-2-3-4(7)5(8)6(9)10-3/h2-9H,1H2/t3-,4+,5+,6?/m1/s1. The summed E-state index contributed by atoms with van der Waals surface area (Å²) in [6.45, 7) is 3.35.